The first-order chi connectivity index (χ1) is 8.18. The van der Waals surface area contributed by atoms with Crippen molar-refractivity contribution in [2.24, 2.45) is 0 Å². The number of aromatic nitrogens is 3. The van der Waals surface area contributed by atoms with Crippen molar-refractivity contribution in [3.63, 3.8) is 0 Å². The molecule has 0 aromatic carbocycles. The summed E-state index contributed by atoms with van der Waals surface area (Å²) in [5.41, 5.74) is 6.13. The van der Waals surface area contributed by atoms with Gasteiger partial charge in [-0.3, -0.25) is 14.9 Å². The summed E-state index contributed by atoms with van der Waals surface area (Å²) in [6.45, 7) is 0.183. The number of hydrogen-bond acceptors (Lipinski definition) is 4. The van der Waals surface area contributed by atoms with E-state index in [1.807, 2.05) is 0 Å². The maximum atomic E-state index is 13.2. The number of nitrogen functional groups attached to an aromatic ring is 1. The Balaban J connectivity index is 2.04. The number of amides is 1. The van der Waals surface area contributed by atoms with Gasteiger partial charge < -0.3 is 11.1 Å². The summed E-state index contributed by atoms with van der Waals surface area (Å²) in [5, 5.41) is 8.78. The molecule has 17 heavy (non-hydrogen) atoms. The number of anilines is 1. The minimum atomic E-state index is -0.662. The third-order valence-electron chi connectivity index (χ3n) is 2.21. The zero-order chi connectivity index (χ0) is 12.3. The van der Waals surface area contributed by atoms with Crippen molar-refractivity contribution < 1.29 is 9.18 Å². The van der Waals surface area contributed by atoms with Gasteiger partial charge in [-0.2, -0.15) is 5.10 Å². The molecular weight excluding hydrogens is 225 g/mol. The quantitative estimate of drug-likeness (QED) is 0.719. The maximum absolute atomic E-state index is 13.2. The van der Waals surface area contributed by atoms with E-state index in [2.05, 4.69) is 20.5 Å². The molecule has 2 aromatic rings. The van der Waals surface area contributed by atoms with Crippen LogP contribution in [0.4, 0.5) is 10.2 Å². The molecule has 0 saturated heterocycles. The van der Waals surface area contributed by atoms with E-state index < -0.39 is 11.7 Å². The summed E-state index contributed by atoms with van der Waals surface area (Å²) in [6, 6.07) is 1.31. The molecule has 1 amide bonds. The summed E-state index contributed by atoms with van der Waals surface area (Å²) in [7, 11) is 0. The molecular formula is C10H10FN5O. The number of rotatable bonds is 3. The van der Waals surface area contributed by atoms with Crippen LogP contribution in [0.25, 0.3) is 0 Å². The molecule has 0 fully saturated rings. The second-order valence-corrected chi connectivity index (χ2v) is 3.35. The molecule has 0 aliphatic heterocycles. The Labute approximate surface area is 96.1 Å². The van der Waals surface area contributed by atoms with E-state index in [0.29, 0.717) is 11.4 Å². The average molecular weight is 235 g/mol. The Morgan fingerprint density at radius 2 is 2.35 bits per heavy atom. The molecule has 0 unspecified atom stereocenters. The van der Waals surface area contributed by atoms with Crippen LogP contribution in [0, 0.1) is 5.82 Å². The van der Waals surface area contributed by atoms with Crippen molar-refractivity contribution in [1.82, 2.24) is 20.5 Å². The first-order valence-corrected chi connectivity index (χ1v) is 4.84. The van der Waals surface area contributed by atoms with Crippen molar-refractivity contribution in [1.29, 1.82) is 0 Å². The number of nitrogens with one attached hydrogen (secondary N) is 2. The molecule has 2 heterocycles. The number of aromatic amines is 1. The zero-order valence-corrected chi connectivity index (χ0v) is 8.77. The summed E-state index contributed by atoms with van der Waals surface area (Å²) in [5.74, 6) is -0.809. The van der Waals surface area contributed by atoms with Crippen LogP contribution in [0.15, 0.2) is 24.7 Å². The van der Waals surface area contributed by atoms with E-state index in [9.17, 15) is 9.18 Å². The molecule has 0 saturated carbocycles. The molecule has 7 heteroatoms. The lowest BCUT2D eigenvalue weighted by molar-refractivity contribution is 0.0947. The monoisotopic (exact) mass is 235 g/mol. The topological polar surface area (TPSA) is 96.7 Å². The van der Waals surface area contributed by atoms with E-state index in [4.69, 9.17) is 5.73 Å². The number of halogens is 1. The third-order valence-corrected chi connectivity index (χ3v) is 2.21. The van der Waals surface area contributed by atoms with Gasteiger partial charge in [-0.1, -0.05) is 0 Å². The smallest absolute Gasteiger partial charge is 0.254 e. The third kappa shape index (κ3) is 2.39. The highest BCUT2D eigenvalue weighted by molar-refractivity contribution is 5.94. The van der Waals surface area contributed by atoms with E-state index in [-0.39, 0.29) is 12.1 Å². The molecule has 88 valence electrons. The van der Waals surface area contributed by atoms with Crippen LogP contribution in [0.5, 0.6) is 0 Å². The van der Waals surface area contributed by atoms with Gasteiger partial charge in [0.2, 0.25) is 0 Å². The normalized spacial score (nSPS) is 10.2. The van der Waals surface area contributed by atoms with Gasteiger partial charge in [-0.25, -0.2) is 4.39 Å². The maximum Gasteiger partial charge on any atom is 0.254 e. The highest BCUT2D eigenvalue weighted by Crippen LogP contribution is 2.07. The van der Waals surface area contributed by atoms with Crippen LogP contribution in [0.1, 0.15) is 15.9 Å². The number of nitrogens with zero attached hydrogens (tertiary/aromatic N) is 2. The fourth-order valence-electron chi connectivity index (χ4n) is 1.29. The lowest BCUT2D eigenvalue weighted by Gasteiger charge is -2.04. The van der Waals surface area contributed by atoms with Crippen LogP contribution in [-0.2, 0) is 6.54 Å². The molecule has 4 N–H and O–H groups in total. The second kappa shape index (κ2) is 4.60. The molecule has 0 aliphatic carbocycles. The predicted octanol–water partition coefficient (Wildman–Crippen LogP) is 0.456. The number of H-pyrrole nitrogens is 1. The summed E-state index contributed by atoms with van der Waals surface area (Å²) < 4.78 is 13.2. The van der Waals surface area contributed by atoms with Crippen LogP contribution in [0.2, 0.25) is 0 Å². The number of hydrogen-bond donors (Lipinski definition) is 3. The van der Waals surface area contributed by atoms with Crippen molar-refractivity contribution in [3.05, 3.63) is 41.6 Å². The van der Waals surface area contributed by atoms with Gasteiger partial charge >= 0.3 is 0 Å². The molecule has 6 nitrogen and oxygen atoms in total. The first-order valence-electron chi connectivity index (χ1n) is 4.84. The van der Waals surface area contributed by atoms with Gasteiger partial charge in [0.05, 0.1) is 18.0 Å². The molecule has 0 radical (unpaired) electrons. The summed E-state index contributed by atoms with van der Waals surface area (Å²) in [4.78, 5) is 15.2. The van der Waals surface area contributed by atoms with Crippen molar-refractivity contribution in [2.45, 2.75) is 6.54 Å². The highest BCUT2D eigenvalue weighted by Gasteiger charge is 2.11. The van der Waals surface area contributed by atoms with Crippen molar-refractivity contribution >= 4 is 11.7 Å². The lowest BCUT2D eigenvalue weighted by atomic mass is 10.2. The molecule has 0 spiro atoms. The minimum absolute atomic E-state index is 0.0536. The lowest BCUT2D eigenvalue weighted by Crippen LogP contribution is -2.24. The van der Waals surface area contributed by atoms with E-state index in [1.54, 1.807) is 0 Å². The van der Waals surface area contributed by atoms with Crippen LogP contribution in [0.3, 0.4) is 0 Å². The highest BCUT2D eigenvalue weighted by atomic mass is 19.1. The predicted molar refractivity (Wildman–Crippen MR) is 58.4 cm³/mol. The molecule has 0 bridgehead atoms. The Bertz CT molecular complexity index is 539. The minimum Gasteiger partial charge on any atom is -0.384 e. The number of carbonyl (C=O) groups is 1. The van der Waals surface area contributed by atoms with Gasteiger partial charge in [0.25, 0.3) is 5.91 Å². The molecule has 2 aromatic heterocycles. The van der Waals surface area contributed by atoms with Gasteiger partial charge in [-0.05, 0) is 6.07 Å². The number of pyridine rings is 1. The van der Waals surface area contributed by atoms with E-state index in [1.165, 1.54) is 18.5 Å². The van der Waals surface area contributed by atoms with Crippen LogP contribution < -0.4 is 11.1 Å². The van der Waals surface area contributed by atoms with Gasteiger partial charge in [-0.15, -0.1) is 0 Å². The SMILES string of the molecule is Nc1[nH]ncc1CNC(=O)c1ccncc1F. The summed E-state index contributed by atoms with van der Waals surface area (Å²) in [6.07, 6.45) is 3.84. The van der Waals surface area contributed by atoms with E-state index >= 15 is 0 Å². The van der Waals surface area contributed by atoms with Gasteiger partial charge in [0, 0.05) is 18.3 Å². The van der Waals surface area contributed by atoms with Gasteiger partial charge in [0.1, 0.15) is 5.82 Å². The Morgan fingerprint density at radius 3 is 3.00 bits per heavy atom. The molecule has 2 rings (SSSR count). The van der Waals surface area contributed by atoms with E-state index in [0.717, 1.165) is 6.20 Å². The first kappa shape index (κ1) is 11.1. The fraction of sp³-hybridized carbons (Fsp3) is 0.100. The Morgan fingerprint density at radius 1 is 1.53 bits per heavy atom. The second-order valence-electron chi connectivity index (χ2n) is 3.35. The summed E-state index contributed by atoms with van der Waals surface area (Å²) >= 11 is 0. The van der Waals surface area contributed by atoms with Crippen LogP contribution in [-0.4, -0.2) is 21.1 Å². The largest absolute Gasteiger partial charge is 0.384 e. The van der Waals surface area contributed by atoms with Crippen LogP contribution >= 0.6 is 0 Å². The number of carbonyl (C=O) groups excluding carboxylic acids is 1. The average Bonchev–Trinajstić information content (AvgIpc) is 2.72. The Hall–Kier alpha value is -2.44. The standard InChI is InChI=1S/C10H10FN5O/c11-8-5-13-2-1-7(8)10(17)14-3-6-4-15-16-9(6)12/h1-2,4-5H,3H2,(H,14,17)(H3,12,15,16). The Kier molecular flexibility index (Phi) is 2.99. The molecule has 0 atom stereocenters. The van der Waals surface area contributed by atoms with Gasteiger partial charge in [0.15, 0.2) is 5.82 Å². The van der Waals surface area contributed by atoms with Crippen molar-refractivity contribution in [2.75, 3.05) is 5.73 Å². The number of nitrogens with two attached hydrogens (primary N) is 1. The fourth-order valence-corrected chi connectivity index (χ4v) is 1.29. The zero-order valence-electron chi connectivity index (χ0n) is 8.77. The molecule has 0 aliphatic rings. The van der Waals surface area contributed by atoms with Crippen molar-refractivity contribution in [3.8, 4) is 0 Å².